The maximum Gasteiger partial charge on any atom is 0.256 e. The van der Waals surface area contributed by atoms with Crippen molar-refractivity contribution in [2.24, 2.45) is 0 Å². The molecule has 0 unspecified atom stereocenters. The molecule has 36 heavy (non-hydrogen) atoms. The summed E-state index contributed by atoms with van der Waals surface area (Å²) in [5.74, 6) is -0.143. The number of nitrogens with one attached hydrogen (secondary N) is 1. The molecule has 0 spiro atoms. The van der Waals surface area contributed by atoms with Crippen molar-refractivity contribution in [2.75, 3.05) is 35.8 Å². The Labute approximate surface area is 211 Å². The Balaban J connectivity index is 1.37. The summed E-state index contributed by atoms with van der Waals surface area (Å²) >= 11 is 0. The molecule has 1 aliphatic rings. The first-order valence-corrected chi connectivity index (χ1v) is 12.0. The molecule has 2 heterocycles. The third-order valence-corrected chi connectivity index (χ3v) is 6.44. The number of hydrogen-bond donors (Lipinski definition) is 1. The second kappa shape index (κ2) is 10.0. The molecule has 0 bridgehead atoms. The van der Waals surface area contributed by atoms with Crippen LogP contribution in [0.25, 0.3) is 11.1 Å². The summed E-state index contributed by atoms with van der Waals surface area (Å²) < 4.78 is 0. The van der Waals surface area contributed by atoms with Gasteiger partial charge in [-0.15, -0.1) is 0 Å². The van der Waals surface area contributed by atoms with Crippen LogP contribution in [0.3, 0.4) is 0 Å². The molecule has 0 atom stereocenters. The van der Waals surface area contributed by atoms with Crippen molar-refractivity contribution in [1.29, 1.82) is 0 Å². The predicted octanol–water partition coefficient (Wildman–Crippen LogP) is 5.20. The lowest BCUT2D eigenvalue weighted by Gasteiger charge is -2.18. The molecule has 1 N–H and O–H groups in total. The summed E-state index contributed by atoms with van der Waals surface area (Å²) in [6, 6.07) is 27.2. The number of anilines is 3. The fraction of sp³-hybridized carbons (Fsp3) is 0.167. The topological polar surface area (TPSA) is 65.5 Å². The molecule has 6 heteroatoms. The highest BCUT2D eigenvalue weighted by Gasteiger charge is 2.25. The molecule has 0 saturated heterocycles. The fourth-order valence-electron chi connectivity index (χ4n) is 4.56. The summed E-state index contributed by atoms with van der Waals surface area (Å²) in [6.07, 6.45) is 2.72. The van der Waals surface area contributed by atoms with Crippen LogP contribution in [0.15, 0.2) is 91.1 Å². The average molecular weight is 477 g/mol. The Morgan fingerprint density at radius 3 is 2.50 bits per heavy atom. The van der Waals surface area contributed by atoms with Crippen LogP contribution < -0.4 is 15.1 Å². The lowest BCUT2D eigenvalue weighted by Crippen LogP contribution is -2.30. The van der Waals surface area contributed by atoms with Crippen LogP contribution in [0, 0.1) is 0 Å². The van der Waals surface area contributed by atoms with Crippen molar-refractivity contribution in [2.45, 2.75) is 12.8 Å². The number of fused-ring (bicyclic) bond motifs is 1. The third-order valence-electron chi connectivity index (χ3n) is 6.44. The van der Waals surface area contributed by atoms with Gasteiger partial charge in [0.1, 0.15) is 0 Å². The number of aromatic nitrogens is 1. The number of hydrogen-bond acceptors (Lipinski definition) is 4. The standard InChI is InChI=1S/C30H28N4O2/c1-33(2)25-12-13-26(21-8-4-3-5-9-21)27(20-25)30(36)32-24-11-14-28-22(18-24)15-17-34(28)29(35)19-23-10-6-7-16-31-23/h3-14,16,18,20H,15,17,19H2,1-2H3,(H,32,36). The molecule has 6 nitrogen and oxygen atoms in total. The van der Waals surface area contributed by atoms with Crippen molar-refractivity contribution in [3.05, 3.63) is 108 Å². The van der Waals surface area contributed by atoms with E-state index in [9.17, 15) is 9.59 Å². The highest BCUT2D eigenvalue weighted by molar-refractivity contribution is 6.09. The van der Waals surface area contributed by atoms with Gasteiger partial charge >= 0.3 is 0 Å². The molecule has 0 radical (unpaired) electrons. The van der Waals surface area contributed by atoms with E-state index < -0.39 is 0 Å². The highest BCUT2D eigenvalue weighted by Crippen LogP contribution is 2.32. The van der Waals surface area contributed by atoms with Gasteiger partial charge in [0, 0.05) is 55.2 Å². The number of amides is 2. The smallest absolute Gasteiger partial charge is 0.256 e. The summed E-state index contributed by atoms with van der Waals surface area (Å²) in [4.78, 5) is 34.4. The second-order valence-corrected chi connectivity index (χ2v) is 9.08. The van der Waals surface area contributed by atoms with Gasteiger partial charge in [0.05, 0.1) is 6.42 Å². The molecule has 0 fully saturated rings. The van der Waals surface area contributed by atoms with Crippen molar-refractivity contribution < 1.29 is 9.59 Å². The number of carbonyl (C=O) groups is 2. The average Bonchev–Trinajstić information content (AvgIpc) is 3.33. The first-order valence-electron chi connectivity index (χ1n) is 12.0. The summed E-state index contributed by atoms with van der Waals surface area (Å²) in [6.45, 7) is 0.626. The largest absolute Gasteiger partial charge is 0.378 e. The Morgan fingerprint density at radius 1 is 0.944 bits per heavy atom. The van der Waals surface area contributed by atoms with Gasteiger partial charge in [0.15, 0.2) is 0 Å². The van der Waals surface area contributed by atoms with Crippen LogP contribution in [-0.2, 0) is 17.6 Å². The van der Waals surface area contributed by atoms with Crippen LogP contribution in [-0.4, -0.2) is 37.4 Å². The van der Waals surface area contributed by atoms with E-state index in [1.807, 2.05) is 109 Å². The number of rotatable bonds is 6. The first kappa shape index (κ1) is 23.3. The van der Waals surface area contributed by atoms with Gasteiger partial charge in [0.25, 0.3) is 5.91 Å². The van der Waals surface area contributed by atoms with Crippen molar-refractivity contribution in [3.8, 4) is 11.1 Å². The van der Waals surface area contributed by atoms with E-state index in [4.69, 9.17) is 0 Å². The van der Waals surface area contributed by atoms with Crippen LogP contribution >= 0.6 is 0 Å². The van der Waals surface area contributed by atoms with E-state index in [1.165, 1.54) is 0 Å². The van der Waals surface area contributed by atoms with Gasteiger partial charge in [-0.2, -0.15) is 0 Å². The monoisotopic (exact) mass is 476 g/mol. The minimum atomic E-state index is -0.168. The molecule has 3 aromatic carbocycles. The van der Waals surface area contributed by atoms with Crippen molar-refractivity contribution >= 4 is 28.9 Å². The SMILES string of the molecule is CN(C)c1ccc(-c2ccccc2)c(C(=O)Nc2ccc3c(c2)CCN3C(=O)Cc2ccccn2)c1. The maximum atomic E-state index is 13.5. The van der Waals surface area contributed by atoms with Gasteiger partial charge in [-0.1, -0.05) is 42.5 Å². The molecule has 1 aromatic heterocycles. The Bertz CT molecular complexity index is 1400. The number of benzene rings is 3. The zero-order valence-electron chi connectivity index (χ0n) is 20.4. The van der Waals surface area contributed by atoms with E-state index in [0.717, 1.165) is 40.2 Å². The molecule has 4 aromatic rings. The van der Waals surface area contributed by atoms with Gasteiger partial charge in [-0.25, -0.2) is 0 Å². The van der Waals surface area contributed by atoms with Crippen LogP contribution in [0.5, 0.6) is 0 Å². The van der Waals surface area contributed by atoms with Crippen LogP contribution in [0.4, 0.5) is 17.1 Å². The Kier molecular flexibility index (Phi) is 6.50. The molecule has 180 valence electrons. The minimum absolute atomic E-state index is 0.0252. The molecule has 0 aliphatic carbocycles. The number of pyridine rings is 1. The van der Waals surface area contributed by atoms with Gasteiger partial charge in [-0.05, 0) is 65.6 Å². The third kappa shape index (κ3) is 4.84. The summed E-state index contributed by atoms with van der Waals surface area (Å²) in [5, 5.41) is 3.08. The number of carbonyl (C=O) groups excluding carboxylic acids is 2. The van der Waals surface area contributed by atoms with Gasteiger partial charge < -0.3 is 15.1 Å². The van der Waals surface area contributed by atoms with E-state index in [0.29, 0.717) is 17.8 Å². The summed E-state index contributed by atoms with van der Waals surface area (Å²) in [5.41, 5.74) is 6.85. The zero-order valence-corrected chi connectivity index (χ0v) is 20.4. The van der Waals surface area contributed by atoms with E-state index in [-0.39, 0.29) is 18.2 Å². The predicted molar refractivity (Wildman–Crippen MR) is 145 cm³/mol. The first-order chi connectivity index (χ1) is 17.5. The van der Waals surface area contributed by atoms with Gasteiger partial charge in [0.2, 0.25) is 5.91 Å². The fourth-order valence-corrected chi connectivity index (χ4v) is 4.56. The molecular weight excluding hydrogens is 448 g/mol. The number of nitrogens with zero attached hydrogens (tertiary/aromatic N) is 3. The quantitative estimate of drug-likeness (QED) is 0.416. The molecule has 5 rings (SSSR count). The highest BCUT2D eigenvalue weighted by atomic mass is 16.2. The Hall–Kier alpha value is -4.45. The lowest BCUT2D eigenvalue weighted by molar-refractivity contribution is -0.117. The minimum Gasteiger partial charge on any atom is -0.378 e. The molecular formula is C30H28N4O2. The normalized spacial score (nSPS) is 12.2. The maximum absolute atomic E-state index is 13.5. The van der Waals surface area contributed by atoms with E-state index in [2.05, 4.69) is 10.3 Å². The van der Waals surface area contributed by atoms with Crippen LogP contribution in [0.1, 0.15) is 21.6 Å². The summed E-state index contributed by atoms with van der Waals surface area (Å²) in [7, 11) is 3.92. The second-order valence-electron chi connectivity index (χ2n) is 9.08. The van der Waals surface area contributed by atoms with Crippen LogP contribution in [0.2, 0.25) is 0 Å². The lowest BCUT2D eigenvalue weighted by atomic mass is 9.98. The Morgan fingerprint density at radius 2 is 1.75 bits per heavy atom. The van der Waals surface area contributed by atoms with Gasteiger partial charge in [-0.3, -0.25) is 14.6 Å². The zero-order chi connectivity index (χ0) is 25.1. The van der Waals surface area contributed by atoms with Crippen molar-refractivity contribution in [1.82, 2.24) is 4.98 Å². The van der Waals surface area contributed by atoms with E-state index >= 15 is 0 Å². The molecule has 1 aliphatic heterocycles. The van der Waals surface area contributed by atoms with Crippen molar-refractivity contribution in [3.63, 3.8) is 0 Å². The van der Waals surface area contributed by atoms with E-state index in [1.54, 1.807) is 6.20 Å². The molecule has 2 amide bonds. The molecule has 0 saturated carbocycles.